The van der Waals surface area contributed by atoms with Crippen LogP contribution in [-0.4, -0.2) is 31.7 Å². The molecule has 2 aromatic heterocycles. The van der Waals surface area contributed by atoms with E-state index in [0.717, 1.165) is 28.7 Å². The van der Waals surface area contributed by atoms with Crippen molar-refractivity contribution in [1.82, 2.24) is 24.5 Å². The van der Waals surface area contributed by atoms with Gasteiger partial charge in [0.25, 0.3) is 0 Å². The fourth-order valence-electron chi connectivity index (χ4n) is 2.43. The van der Waals surface area contributed by atoms with E-state index in [0.29, 0.717) is 21.7 Å². The summed E-state index contributed by atoms with van der Waals surface area (Å²) in [5.41, 5.74) is 1.82. The summed E-state index contributed by atoms with van der Waals surface area (Å²) in [4.78, 5) is 0. The van der Waals surface area contributed by atoms with Crippen LogP contribution in [-0.2, 0) is 19.3 Å². The van der Waals surface area contributed by atoms with Crippen LogP contribution >= 0.6 is 35.0 Å². The molecule has 0 aliphatic heterocycles. The molecular formula is C16H17Cl2N5OS. The van der Waals surface area contributed by atoms with Gasteiger partial charge in [-0.3, -0.25) is 4.68 Å². The van der Waals surface area contributed by atoms with Crippen LogP contribution in [0.15, 0.2) is 29.6 Å². The van der Waals surface area contributed by atoms with Crippen molar-refractivity contribution in [3.63, 3.8) is 0 Å². The van der Waals surface area contributed by atoms with Gasteiger partial charge >= 0.3 is 0 Å². The molecule has 132 valence electrons. The van der Waals surface area contributed by atoms with E-state index >= 15 is 0 Å². The first-order valence-electron chi connectivity index (χ1n) is 7.61. The molecule has 0 radical (unpaired) electrons. The lowest BCUT2D eigenvalue weighted by atomic mass is 10.2. The molecule has 0 saturated heterocycles. The standard InChI is InChI=1S/C16H17Cl2N5OS/c1-4-23-14(12-8-22(2)21-15(12)24-3)19-20-16(23)25-9-10-5-6-11(17)7-13(10)18/h5-8H,4,9H2,1-3H3. The highest BCUT2D eigenvalue weighted by molar-refractivity contribution is 7.98. The molecule has 0 fully saturated rings. The van der Waals surface area contributed by atoms with Gasteiger partial charge in [0, 0.05) is 35.6 Å². The third-order valence-corrected chi connectivity index (χ3v) is 5.24. The molecule has 6 nitrogen and oxygen atoms in total. The molecule has 0 saturated carbocycles. The van der Waals surface area contributed by atoms with Gasteiger partial charge in [-0.15, -0.1) is 15.3 Å². The maximum atomic E-state index is 6.24. The van der Waals surface area contributed by atoms with E-state index in [1.807, 2.05) is 29.9 Å². The zero-order valence-corrected chi connectivity index (χ0v) is 16.4. The van der Waals surface area contributed by atoms with E-state index in [1.54, 1.807) is 29.6 Å². The molecule has 2 heterocycles. The van der Waals surface area contributed by atoms with Crippen LogP contribution in [0.25, 0.3) is 11.4 Å². The lowest BCUT2D eigenvalue weighted by Crippen LogP contribution is -2.00. The molecule has 1 aromatic carbocycles. The number of rotatable bonds is 6. The van der Waals surface area contributed by atoms with E-state index in [9.17, 15) is 0 Å². The average molecular weight is 398 g/mol. The van der Waals surface area contributed by atoms with E-state index in [2.05, 4.69) is 22.2 Å². The highest BCUT2D eigenvalue weighted by Gasteiger charge is 2.19. The number of ether oxygens (including phenoxy) is 1. The maximum absolute atomic E-state index is 6.24. The number of benzene rings is 1. The number of aryl methyl sites for hydroxylation is 1. The number of nitrogens with zero attached hydrogens (tertiary/aromatic N) is 5. The van der Waals surface area contributed by atoms with Gasteiger partial charge in [0.15, 0.2) is 11.0 Å². The molecule has 9 heteroatoms. The summed E-state index contributed by atoms with van der Waals surface area (Å²) < 4.78 is 9.07. The molecule has 0 unspecified atom stereocenters. The van der Waals surface area contributed by atoms with Crippen LogP contribution in [0.2, 0.25) is 10.0 Å². The lowest BCUT2D eigenvalue weighted by Gasteiger charge is -2.08. The second-order valence-corrected chi connectivity index (χ2v) is 7.09. The second kappa shape index (κ2) is 7.68. The molecular weight excluding hydrogens is 381 g/mol. The number of methoxy groups -OCH3 is 1. The Morgan fingerprint density at radius 1 is 1.24 bits per heavy atom. The minimum absolute atomic E-state index is 0.530. The first-order chi connectivity index (χ1) is 12.0. The Morgan fingerprint density at radius 2 is 2.04 bits per heavy atom. The van der Waals surface area contributed by atoms with E-state index in [4.69, 9.17) is 27.9 Å². The molecule has 3 aromatic rings. The number of hydrogen-bond acceptors (Lipinski definition) is 5. The molecule has 0 bridgehead atoms. The van der Waals surface area contributed by atoms with Crippen molar-refractivity contribution in [3.8, 4) is 17.3 Å². The normalized spacial score (nSPS) is 11.1. The Kier molecular flexibility index (Phi) is 5.56. The van der Waals surface area contributed by atoms with Crippen molar-refractivity contribution >= 4 is 35.0 Å². The van der Waals surface area contributed by atoms with Gasteiger partial charge < -0.3 is 9.30 Å². The van der Waals surface area contributed by atoms with Crippen LogP contribution in [0, 0.1) is 0 Å². The van der Waals surface area contributed by atoms with E-state index < -0.39 is 0 Å². The van der Waals surface area contributed by atoms with Crippen molar-refractivity contribution in [2.24, 2.45) is 7.05 Å². The summed E-state index contributed by atoms with van der Waals surface area (Å²) in [6.45, 7) is 2.78. The van der Waals surface area contributed by atoms with Crippen LogP contribution in [0.5, 0.6) is 5.88 Å². The first-order valence-corrected chi connectivity index (χ1v) is 9.35. The summed E-state index contributed by atoms with van der Waals surface area (Å²) in [7, 11) is 3.44. The lowest BCUT2D eigenvalue weighted by molar-refractivity contribution is 0.393. The van der Waals surface area contributed by atoms with Gasteiger partial charge in [0.2, 0.25) is 5.88 Å². The zero-order chi connectivity index (χ0) is 18.0. The molecule has 0 atom stereocenters. The van der Waals surface area contributed by atoms with E-state index in [-0.39, 0.29) is 0 Å². The predicted octanol–water partition coefficient (Wildman–Crippen LogP) is 4.31. The molecule has 0 aliphatic carbocycles. The molecule has 0 N–H and O–H groups in total. The molecule has 25 heavy (non-hydrogen) atoms. The van der Waals surface area contributed by atoms with Crippen LogP contribution < -0.4 is 4.74 Å². The molecule has 3 rings (SSSR count). The topological polar surface area (TPSA) is 57.8 Å². The van der Waals surface area contributed by atoms with Crippen LogP contribution in [0.4, 0.5) is 0 Å². The maximum Gasteiger partial charge on any atom is 0.243 e. The minimum Gasteiger partial charge on any atom is -0.479 e. The number of halogens is 2. The number of hydrogen-bond donors (Lipinski definition) is 0. The number of aromatic nitrogens is 5. The summed E-state index contributed by atoms with van der Waals surface area (Å²) in [6, 6.07) is 5.50. The Hall–Kier alpha value is -1.70. The van der Waals surface area contributed by atoms with Crippen molar-refractivity contribution in [2.75, 3.05) is 7.11 Å². The zero-order valence-electron chi connectivity index (χ0n) is 14.0. The quantitative estimate of drug-likeness (QED) is 0.580. The van der Waals surface area contributed by atoms with Crippen molar-refractivity contribution in [2.45, 2.75) is 24.4 Å². The van der Waals surface area contributed by atoms with Gasteiger partial charge in [-0.2, -0.15) is 0 Å². The summed E-state index contributed by atoms with van der Waals surface area (Å²) >= 11 is 13.8. The summed E-state index contributed by atoms with van der Waals surface area (Å²) in [5.74, 6) is 1.94. The van der Waals surface area contributed by atoms with E-state index in [1.165, 1.54) is 0 Å². The average Bonchev–Trinajstić information content (AvgIpc) is 3.16. The Morgan fingerprint density at radius 3 is 2.72 bits per heavy atom. The largest absolute Gasteiger partial charge is 0.479 e. The van der Waals surface area contributed by atoms with Crippen molar-refractivity contribution < 1.29 is 4.74 Å². The van der Waals surface area contributed by atoms with Gasteiger partial charge in [-0.1, -0.05) is 41.0 Å². The number of thioether (sulfide) groups is 1. The van der Waals surface area contributed by atoms with Gasteiger partial charge in [-0.25, -0.2) is 0 Å². The van der Waals surface area contributed by atoms with Crippen molar-refractivity contribution in [1.29, 1.82) is 0 Å². The minimum atomic E-state index is 0.530. The molecule has 0 spiro atoms. The first kappa shape index (κ1) is 18.1. The molecule has 0 amide bonds. The fourth-order valence-corrected chi connectivity index (χ4v) is 3.99. The smallest absolute Gasteiger partial charge is 0.243 e. The van der Waals surface area contributed by atoms with Gasteiger partial charge in [0.05, 0.1) is 7.11 Å². The highest BCUT2D eigenvalue weighted by Crippen LogP contribution is 2.32. The molecule has 0 aliphatic rings. The van der Waals surface area contributed by atoms with Crippen LogP contribution in [0.1, 0.15) is 12.5 Å². The van der Waals surface area contributed by atoms with Gasteiger partial charge in [-0.05, 0) is 24.6 Å². The SMILES string of the molecule is CCn1c(SCc2ccc(Cl)cc2Cl)nnc1-c1cn(C)nc1OC. The predicted molar refractivity (Wildman–Crippen MR) is 100 cm³/mol. The van der Waals surface area contributed by atoms with Crippen molar-refractivity contribution in [3.05, 3.63) is 40.0 Å². The highest BCUT2D eigenvalue weighted by atomic mass is 35.5. The fraction of sp³-hybridized carbons (Fsp3) is 0.312. The third kappa shape index (κ3) is 3.78. The Bertz CT molecular complexity index is 893. The summed E-state index contributed by atoms with van der Waals surface area (Å²) in [6.07, 6.45) is 1.87. The monoisotopic (exact) mass is 397 g/mol. The second-order valence-electron chi connectivity index (χ2n) is 5.30. The Balaban J connectivity index is 1.87. The van der Waals surface area contributed by atoms with Crippen LogP contribution in [0.3, 0.4) is 0 Å². The summed E-state index contributed by atoms with van der Waals surface area (Å²) in [5, 5.41) is 15.0. The van der Waals surface area contributed by atoms with Gasteiger partial charge in [0.1, 0.15) is 5.56 Å². The Labute approximate surface area is 160 Å². The third-order valence-electron chi connectivity index (χ3n) is 3.63.